The number of nitrogens with zero attached hydrogens (tertiary/aromatic N) is 3. The van der Waals surface area contributed by atoms with Crippen molar-refractivity contribution < 1.29 is 4.79 Å². The van der Waals surface area contributed by atoms with Crippen molar-refractivity contribution in [1.82, 2.24) is 14.7 Å². The number of hydrogen-bond acceptors (Lipinski definition) is 2. The Morgan fingerprint density at radius 2 is 2.33 bits per heavy atom. The lowest BCUT2D eigenvalue weighted by atomic mass is 10.00. The van der Waals surface area contributed by atoms with E-state index in [0.29, 0.717) is 10.7 Å². The van der Waals surface area contributed by atoms with Crippen LogP contribution in [0.3, 0.4) is 0 Å². The molecule has 2 unspecified atom stereocenters. The number of amides is 1. The SMILES string of the molecule is CCn1nc(C)cc1C(=O)N1CCC(Br)C(C)C1. The summed E-state index contributed by atoms with van der Waals surface area (Å²) in [6, 6.07) is 1.89. The summed E-state index contributed by atoms with van der Waals surface area (Å²) in [5, 5.41) is 4.34. The van der Waals surface area contributed by atoms with Gasteiger partial charge in [0, 0.05) is 24.5 Å². The van der Waals surface area contributed by atoms with Crippen molar-refractivity contribution in [3.8, 4) is 0 Å². The maximum absolute atomic E-state index is 12.5. The van der Waals surface area contributed by atoms with Crippen molar-refractivity contribution in [2.45, 2.75) is 38.6 Å². The average Bonchev–Trinajstić information content (AvgIpc) is 2.73. The van der Waals surface area contributed by atoms with Crippen molar-refractivity contribution in [3.63, 3.8) is 0 Å². The molecule has 0 N–H and O–H groups in total. The third-order valence-electron chi connectivity index (χ3n) is 3.51. The van der Waals surface area contributed by atoms with Crippen LogP contribution in [0, 0.1) is 12.8 Å². The molecule has 0 aliphatic carbocycles. The summed E-state index contributed by atoms with van der Waals surface area (Å²) in [5.74, 6) is 0.616. The zero-order valence-corrected chi connectivity index (χ0v) is 12.8. The second-order valence-corrected chi connectivity index (χ2v) is 6.20. The molecule has 2 rings (SSSR count). The van der Waals surface area contributed by atoms with Gasteiger partial charge in [-0.1, -0.05) is 22.9 Å². The predicted octanol–water partition coefficient (Wildman–Crippen LogP) is 2.46. The number of halogens is 1. The Morgan fingerprint density at radius 3 is 2.94 bits per heavy atom. The molecule has 1 fully saturated rings. The molecule has 4 nitrogen and oxygen atoms in total. The highest BCUT2D eigenvalue weighted by Gasteiger charge is 2.29. The van der Waals surface area contributed by atoms with Gasteiger partial charge in [0.2, 0.25) is 0 Å². The van der Waals surface area contributed by atoms with Crippen LogP contribution < -0.4 is 0 Å². The minimum Gasteiger partial charge on any atom is -0.337 e. The second kappa shape index (κ2) is 5.43. The topological polar surface area (TPSA) is 38.1 Å². The van der Waals surface area contributed by atoms with Crippen LogP contribution in [-0.4, -0.2) is 38.5 Å². The number of aromatic nitrogens is 2. The van der Waals surface area contributed by atoms with E-state index in [0.717, 1.165) is 37.4 Å². The molecular weight excluding hydrogens is 294 g/mol. The van der Waals surface area contributed by atoms with Gasteiger partial charge < -0.3 is 4.90 Å². The van der Waals surface area contributed by atoms with Crippen LogP contribution in [0.25, 0.3) is 0 Å². The lowest BCUT2D eigenvalue weighted by molar-refractivity contribution is 0.0678. The molecule has 1 aliphatic heterocycles. The van der Waals surface area contributed by atoms with Crippen molar-refractivity contribution >= 4 is 21.8 Å². The van der Waals surface area contributed by atoms with Crippen molar-refractivity contribution in [1.29, 1.82) is 0 Å². The predicted molar refractivity (Wildman–Crippen MR) is 75.0 cm³/mol. The number of hydrogen-bond donors (Lipinski definition) is 0. The molecule has 0 aromatic carbocycles. The first-order chi connectivity index (χ1) is 8.52. The largest absolute Gasteiger partial charge is 0.337 e. The lowest BCUT2D eigenvalue weighted by Crippen LogP contribution is -2.43. The summed E-state index contributed by atoms with van der Waals surface area (Å²) in [4.78, 5) is 15.0. The first-order valence-corrected chi connectivity index (χ1v) is 7.42. The van der Waals surface area contributed by atoms with Gasteiger partial charge in [-0.25, -0.2) is 0 Å². The average molecular weight is 314 g/mol. The summed E-state index contributed by atoms with van der Waals surface area (Å²) >= 11 is 3.66. The molecule has 1 amide bonds. The lowest BCUT2D eigenvalue weighted by Gasteiger charge is -2.34. The van der Waals surface area contributed by atoms with Crippen molar-refractivity contribution in [2.75, 3.05) is 13.1 Å². The Kier molecular flexibility index (Phi) is 4.10. The molecular formula is C13H20BrN3O. The van der Waals surface area contributed by atoms with Gasteiger partial charge in [0.05, 0.1) is 5.69 Å². The number of alkyl halides is 1. The molecule has 1 saturated heterocycles. The molecule has 0 saturated carbocycles. The minimum atomic E-state index is 0.115. The van der Waals surface area contributed by atoms with Crippen LogP contribution in [0.1, 0.15) is 36.5 Å². The van der Waals surface area contributed by atoms with Gasteiger partial charge in [0.25, 0.3) is 5.91 Å². The fourth-order valence-electron chi connectivity index (χ4n) is 2.42. The van der Waals surface area contributed by atoms with E-state index in [1.54, 1.807) is 4.68 Å². The minimum absolute atomic E-state index is 0.115. The quantitative estimate of drug-likeness (QED) is 0.787. The van der Waals surface area contributed by atoms with E-state index in [1.807, 2.05) is 24.8 Å². The molecule has 0 spiro atoms. The molecule has 1 aromatic heterocycles. The third-order valence-corrected chi connectivity index (χ3v) is 4.87. The van der Waals surface area contributed by atoms with Gasteiger partial charge in [-0.15, -0.1) is 0 Å². The van der Waals surface area contributed by atoms with Crippen molar-refractivity contribution in [2.24, 2.45) is 5.92 Å². The fourth-order valence-corrected chi connectivity index (χ4v) is 2.79. The number of likely N-dealkylation sites (tertiary alicyclic amines) is 1. The Bertz CT molecular complexity index is 443. The van der Waals surface area contributed by atoms with E-state index in [-0.39, 0.29) is 5.91 Å². The summed E-state index contributed by atoms with van der Waals surface area (Å²) in [7, 11) is 0. The van der Waals surface area contributed by atoms with E-state index in [9.17, 15) is 4.79 Å². The van der Waals surface area contributed by atoms with Gasteiger partial charge in [0.15, 0.2) is 0 Å². The maximum atomic E-state index is 12.5. The molecule has 100 valence electrons. The van der Waals surface area contributed by atoms with Gasteiger partial charge in [0.1, 0.15) is 5.69 Å². The van der Waals surface area contributed by atoms with E-state index >= 15 is 0 Å². The Hall–Kier alpha value is -0.840. The fraction of sp³-hybridized carbons (Fsp3) is 0.692. The van der Waals surface area contributed by atoms with Gasteiger partial charge in [-0.3, -0.25) is 9.48 Å². The van der Waals surface area contributed by atoms with Gasteiger partial charge in [-0.2, -0.15) is 5.10 Å². The van der Waals surface area contributed by atoms with Gasteiger partial charge >= 0.3 is 0 Å². The molecule has 1 aliphatic rings. The maximum Gasteiger partial charge on any atom is 0.272 e. The Morgan fingerprint density at radius 1 is 1.61 bits per heavy atom. The monoisotopic (exact) mass is 313 g/mol. The van der Waals surface area contributed by atoms with Crippen LogP contribution >= 0.6 is 15.9 Å². The highest BCUT2D eigenvalue weighted by molar-refractivity contribution is 9.09. The molecule has 0 bridgehead atoms. The van der Waals surface area contributed by atoms with E-state index in [2.05, 4.69) is 28.0 Å². The number of piperidine rings is 1. The molecule has 2 heterocycles. The van der Waals surface area contributed by atoms with Crippen LogP contribution in [0.2, 0.25) is 0 Å². The summed E-state index contributed by atoms with van der Waals surface area (Å²) in [6.45, 7) is 8.50. The number of aryl methyl sites for hydroxylation is 2. The first kappa shape index (κ1) is 13.6. The normalized spacial score (nSPS) is 24.3. The Balaban J connectivity index is 2.16. The summed E-state index contributed by atoms with van der Waals surface area (Å²) < 4.78 is 1.79. The smallest absolute Gasteiger partial charge is 0.272 e. The molecule has 5 heteroatoms. The molecule has 2 atom stereocenters. The van der Waals surface area contributed by atoms with E-state index in [1.165, 1.54) is 0 Å². The third kappa shape index (κ3) is 2.60. The standard InChI is InChI=1S/C13H20BrN3O/c1-4-17-12(7-10(3)15-17)13(18)16-6-5-11(14)9(2)8-16/h7,9,11H,4-6,8H2,1-3H3. The van der Waals surface area contributed by atoms with Crippen molar-refractivity contribution in [3.05, 3.63) is 17.5 Å². The number of rotatable bonds is 2. The summed E-state index contributed by atoms with van der Waals surface area (Å²) in [6.07, 6.45) is 1.02. The van der Waals surface area contributed by atoms with Crippen LogP contribution in [0.5, 0.6) is 0 Å². The molecule has 18 heavy (non-hydrogen) atoms. The van der Waals surface area contributed by atoms with E-state index in [4.69, 9.17) is 0 Å². The molecule has 1 aromatic rings. The highest BCUT2D eigenvalue weighted by atomic mass is 79.9. The Labute approximate surface area is 116 Å². The van der Waals surface area contributed by atoms with Crippen LogP contribution in [-0.2, 0) is 6.54 Å². The van der Waals surface area contributed by atoms with Crippen LogP contribution in [0.15, 0.2) is 6.07 Å². The zero-order chi connectivity index (χ0) is 13.3. The second-order valence-electron chi connectivity index (χ2n) is 5.02. The summed E-state index contributed by atoms with van der Waals surface area (Å²) in [5.41, 5.74) is 1.62. The first-order valence-electron chi connectivity index (χ1n) is 6.50. The molecule has 0 radical (unpaired) electrons. The number of carbonyl (C=O) groups is 1. The van der Waals surface area contributed by atoms with Crippen LogP contribution in [0.4, 0.5) is 0 Å². The highest BCUT2D eigenvalue weighted by Crippen LogP contribution is 2.24. The number of carbonyl (C=O) groups excluding carboxylic acids is 1. The zero-order valence-electron chi connectivity index (χ0n) is 11.2. The van der Waals surface area contributed by atoms with Gasteiger partial charge in [-0.05, 0) is 32.3 Å². The van der Waals surface area contributed by atoms with E-state index < -0.39 is 0 Å².